The van der Waals surface area contributed by atoms with E-state index in [2.05, 4.69) is 19.2 Å². The van der Waals surface area contributed by atoms with E-state index in [-0.39, 0.29) is 18.8 Å². The number of hydrogen-bond donors (Lipinski definition) is 1. The lowest BCUT2D eigenvalue weighted by Crippen LogP contribution is -2.20. The SMILES string of the molecule is CCOC(=O)c1sc(NC(=O)COc2ccc(C(C)CC)cc2)c(C#N)c1C. The molecular weight excluding hydrogens is 376 g/mol. The molecule has 2 aromatic rings. The van der Waals surface area contributed by atoms with Crippen molar-refractivity contribution < 1.29 is 19.1 Å². The lowest BCUT2D eigenvalue weighted by molar-refractivity contribution is -0.118. The van der Waals surface area contributed by atoms with Crippen molar-refractivity contribution in [1.29, 1.82) is 5.26 Å². The van der Waals surface area contributed by atoms with Crippen LogP contribution in [0.5, 0.6) is 5.75 Å². The van der Waals surface area contributed by atoms with Crippen LogP contribution in [0.25, 0.3) is 0 Å². The van der Waals surface area contributed by atoms with E-state index < -0.39 is 11.9 Å². The Bertz CT molecular complexity index is 881. The number of hydrogen-bond acceptors (Lipinski definition) is 6. The number of nitriles is 1. The summed E-state index contributed by atoms with van der Waals surface area (Å²) in [5.41, 5.74) is 1.99. The zero-order chi connectivity index (χ0) is 20.7. The number of rotatable bonds is 8. The minimum absolute atomic E-state index is 0.195. The van der Waals surface area contributed by atoms with E-state index in [1.54, 1.807) is 13.8 Å². The van der Waals surface area contributed by atoms with Crippen molar-refractivity contribution in [2.24, 2.45) is 0 Å². The largest absolute Gasteiger partial charge is 0.484 e. The third kappa shape index (κ3) is 5.11. The van der Waals surface area contributed by atoms with Crippen molar-refractivity contribution in [3.05, 3.63) is 45.8 Å². The van der Waals surface area contributed by atoms with Crippen molar-refractivity contribution in [3.63, 3.8) is 0 Å². The molecule has 28 heavy (non-hydrogen) atoms. The second-order valence-electron chi connectivity index (χ2n) is 6.31. The number of nitrogens with one attached hydrogen (secondary N) is 1. The number of carbonyl (C=O) groups excluding carboxylic acids is 2. The van der Waals surface area contributed by atoms with Crippen LogP contribution in [0.2, 0.25) is 0 Å². The van der Waals surface area contributed by atoms with Gasteiger partial charge in [0.2, 0.25) is 0 Å². The average Bonchev–Trinajstić information content (AvgIpc) is 3.01. The molecule has 1 heterocycles. The third-order valence-corrected chi connectivity index (χ3v) is 5.59. The molecule has 1 unspecified atom stereocenters. The molecule has 1 aromatic carbocycles. The molecule has 0 saturated carbocycles. The molecule has 1 amide bonds. The molecule has 0 aliphatic rings. The van der Waals surface area contributed by atoms with Gasteiger partial charge in [0, 0.05) is 0 Å². The second kappa shape index (κ2) is 9.90. The van der Waals surface area contributed by atoms with E-state index in [4.69, 9.17) is 9.47 Å². The van der Waals surface area contributed by atoms with Crippen LogP contribution in [0.4, 0.5) is 5.00 Å². The van der Waals surface area contributed by atoms with E-state index in [1.165, 1.54) is 5.56 Å². The van der Waals surface area contributed by atoms with Gasteiger partial charge in [-0.15, -0.1) is 11.3 Å². The van der Waals surface area contributed by atoms with Crippen LogP contribution >= 0.6 is 11.3 Å². The first-order chi connectivity index (χ1) is 13.4. The maximum atomic E-state index is 12.2. The Morgan fingerprint density at radius 3 is 2.50 bits per heavy atom. The highest BCUT2D eigenvalue weighted by Crippen LogP contribution is 2.33. The average molecular weight is 401 g/mol. The highest BCUT2D eigenvalue weighted by molar-refractivity contribution is 7.18. The summed E-state index contributed by atoms with van der Waals surface area (Å²) in [5, 5.41) is 12.3. The molecule has 0 saturated heterocycles. The summed E-state index contributed by atoms with van der Waals surface area (Å²) < 4.78 is 10.5. The van der Waals surface area contributed by atoms with Gasteiger partial charge in [-0.05, 0) is 49.4 Å². The van der Waals surface area contributed by atoms with Gasteiger partial charge in [0.05, 0.1) is 12.2 Å². The number of carbonyl (C=O) groups is 2. The van der Waals surface area contributed by atoms with Crippen molar-refractivity contribution in [2.75, 3.05) is 18.5 Å². The smallest absolute Gasteiger partial charge is 0.348 e. The van der Waals surface area contributed by atoms with Crippen LogP contribution < -0.4 is 10.1 Å². The summed E-state index contributed by atoms with van der Waals surface area (Å²) in [4.78, 5) is 24.5. The van der Waals surface area contributed by atoms with Crippen LogP contribution in [0.15, 0.2) is 24.3 Å². The number of benzene rings is 1. The first-order valence-electron chi connectivity index (χ1n) is 9.14. The zero-order valence-corrected chi connectivity index (χ0v) is 17.3. The van der Waals surface area contributed by atoms with E-state index in [0.717, 1.165) is 17.8 Å². The lowest BCUT2D eigenvalue weighted by Gasteiger charge is -2.10. The number of thiophene rings is 1. The Morgan fingerprint density at radius 1 is 1.25 bits per heavy atom. The molecule has 1 aromatic heterocycles. The molecule has 148 valence electrons. The van der Waals surface area contributed by atoms with Crippen molar-refractivity contribution >= 4 is 28.2 Å². The van der Waals surface area contributed by atoms with Gasteiger partial charge >= 0.3 is 5.97 Å². The molecule has 0 spiro atoms. The molecule has 0 aliphatic heterocycles. The van der Waals surface area contributed by atoms with E-state index >= 15 is 0 Å². The molecule has 0 radical (unpaired) electrons. The van der Waals surface area contributed by atoms with E-state index in [1.807, 2.05) is 30.3 Å². The molecule has 2 rings (SSSR count). The van der Waals surface area contributed by atoms with E-state index in [9.17, 15) is 14.9 Å². The fourth-order valence-electron chi connectivity index (χ4n) is 2.57. The Hall–Kier alpha value is -2.85. The van der Waals surface area contributed by atoms with Crippen molar-refractivity contribution in [1.82, 2.24) is 0 Å². The van der Waals surface area contributed by atoms with Crippen LogP contribution in [-0.2, 0) is 9.53 Å². The topological polar surface area (TPSA) is 88.4 Å². The van der Waals surface area contributed by atoms with E-state index in [0.29, 0.717) is 27.1 Å². The molecule has 0 bridgehead atoms. The van der Waals surface area contributed by atoms with Crippen LogP contribution in [0.1, 0.15) is 59.5 Å². The first kappa shape index (κ1) is 21.5. The number of amides is 1. The zero-order valence-electron chi connectivity index (χ0n) is 16.5. The summed E-state index contributed by atoms with van der Waals surface area (Å²) in [5.74, 6) is 0.161. The van der Waals surface area contributed by atoms with Gasteiger partial charge in [-0.25, -0.2) is 4.79 Å². The summed E-state index contributed by atoms with van der Waals surface area (Å²) in [7, 11) is 0. The minimum atomic E-state index is -0.500. The number of nitrogens with zero attached hydrogens (tertiary/aromatic N) is 1. The Labute approximate surface area is 169 Å². The maximum absolute atomic E-state index is 12.2. The van der Waals surface area contributed by atoms with Crippen LogP contribution in [0, 0.1) is 18.3 Å². The van der Waals surface area contributed by atoms with Crippen molar-refractivity contribution in [3.8, 4) is 11.8 Å². The molecule has 0 fully saturated rings. The highest BCUT2D eigenvalue weighted by atomic mass is 32.1. The number of ether oxygens (including phenoxy) is 2. The monoisotopic (exact) mass is 400 g/mol. The minimum Gasteiger partial charge on any atom is -0.484 e. The maximum Gasteiger partial charge on any atom is 0.348 e. The summed E-state index contributed by atoms with van der Waals surface area (Å²) in [6.45, 7) is 7.70. The Balaban J connectivity index is 2.02. The van der Waals surface area contributed by atoms with Gasteiger partial charge in [0.15, 0.2) is 6.61 Å². The predicted octanol–water partition coefficient (Wildman–Crippen LogP) is 4.64. The molecule has 1 N–H and O–H groups in total. The normalized spacial score (nSPS) is 11.4. The Morgan fingerprint density at radius 2 is 1.93 bits per heavy atom. The van der Waals surface area contributed by atoms with Gasteiger partial charge in [-0.3, -0.25) is 4.79 Å². The molecular formula is C21H24N2O4S. The quantitative estimate of drug-likeness (QED) is 0.652. The van der Waals surface area contributed by atoms with Crippen molar-refractivity contribution in [2.45, 2.75) is 40.0 Å². The summed E-state index contributed by atoms with van der Waals surface area (Å²) >= 11 is 1.03. The molecule has 1 atom stereocenters. The number of esters is 1. The molecule has 7 heteroatoms. The highest BCUT2D eigenvalue weighted by Gasteiger charge is 2.22. The third-order valence-electron chi connectivity index (χ3n) is 4.40. The summed E-state index contributed by atoms with van der Waals surface area (Å²) in [6, 6.07) is 9.68. The van der Waals surface area contributed by atoms with Gasteiger partial charge in [0.1, 0.15) is 21.7 Å². The van der Waals surface area contributed by atoms with Gasteiger partial charge in [0.25, 0.3) is 5.91 Å². The number of anilines is 1. The fourth-order valence-corrected chi connectivity index (χ4v) is 3.63. The Kier molecular flexibility index (Phi) is 7.59. The van der Waals surface area contributed by atoms with Crippen LogP contribution in [0.3, 0.4) is 0 Å². The summed E-state index contributed by atoms with van der Waals surface area (Å²) in [6.07, 6.45) is 1.05. The lowest BCUT2D eigenvalue weighted by atomic mass is 9.99. The molecule has 6 nitrogen and oxygen atoms in total. The van der Waals surface area contributed by atoms with Gasteiger partial charge < -0.3 is 14.8 Å². The van der Waals surface area contributed by atoms with Gasteiger partial charge in [-0.2, -0.15) is 5.26 Å². The first-order valence-corrected chi connectivity index (χ1v) is 9.96. The molecule has 0 aliphatic carbocycles. The van der Waals surface area contributed by atoms with Gasteiger partial charge in [-0.1, -0.05) is 26.0 Å². The standard InChI is InChI=1S/C21H24N2O4S/c1-5-13(3)15-7-9-16(10-8-15)27-12-18(24)23-20-17(11-22)14(4)19(28-20)21(25)26-6-2/h7-10,13H,5-6,12H2,1-4H3,(H,23,24). The predicted molar refractivity (Wildman–Crippen MR) is 109 cm³/mol. The van der Waals surface area contributed by atoms with Crippen LogP contribution in [-0.4, -0.2) is 25.1 Å². The second-order valence-corrected chi connectivity index (χ2v) is 7.33. The fraction of sp³-hybridized carbons (Fsp3) is 0.381.